The predicted molar refractivity (Wildman–Crippen MR) is 129 cm³/mol. The topological polar surface area (TPSA) is 56.7 Å². The molecule has 1 amide bonds. The van der Waals surface area contributed by atoms with Crippen LogP contribution in [0.2, 0.25) is 0 Å². The number of hydrogen-bond donors (Lipinski definition) is 2. The maximum atomic E-state index is 12.5. The van der Waals surface area contributed by atoms with Crippen molar-refractivity contribution in [3.05, 3.63) is 35.4 Å². The molecule has 1 heterocycles. The zero-order chi connectivity index (χ0) is 19.1. The predicted octanol–water partition coefficient (Wildman–Crippen LogP) is 3.77. The van der Waals surface area contributed by atoms with Gasteiger partial charge in [0.1, 0.15) is 0 Å². The maximum Gasteiger partial charge on any atom is 0.223 e. The van der Waals surface area contributed by atoms with Crippen molar-refractivity contribution < 1.29 is 4.79 Å². The summed E-state index contributed by atoms with van der Waals surface area (Å²) < 4.78 is 0. The van der Waals surface area contributed by atoms with Gasteiger partial charge in [-0.1, -0.05) is 31.2 Å². The molecule has 1 fully saturated rings. The lowest BCUT2D eigenvalue weighted by Crippen LogP contribution is -2.43. The standard InChI is InChI=1S/C21H32N4OS.HI/c1-3-27-19-11-10-18(13-19)24-21(22-2)23-12-6-9-20(26)25-14-16-7-4-5-8-17(16)15-25;/h4-5,7-8,18-19H,3,6,9-15H2,1-2H3,(H2,22,23,24);1H. The van der Waals surface area contributed by atoms with Gasteiger partial charge in [0.05, 0.1) is 0 Å². The normalized spacial score (nSPS) is 21.2. The number of hydrogen-bond acceptors (Lipinski definition) is 3. The molecule has 0 bridgehead atoms. The van der Waals surface area contributed by atoms with Crippen LogP contribution in [0.4, 0.5) is 0 Å². The molecule has 0 saturated heterocycles. The van der Waals surface area contributed by atoms with E-state index in [2.05, 4.69) is 46.4 Å². The summed E-state index contributed by atoms with van der Waals surface area (Å²) in [4.78, 5) is 18.8. The number of carbonyl (C=O) groups is 1. The van der Waals surface area contributed by atoms with E-state index in [4.69, 9.17) is 0 Å². The molecule has 2 N–H and O–H groups in total. The number of amides is 1. The fourth-order valence-corrected chi connectivity index (χ4v) is 5.10. The Balaban J connectivity index is 0.00000280. The number of nitrogens with one attached hydrogen (secondary N) is 2. The van der Waals surface area contributed by atoms with Crippen LogP contribution in [0.5, 0.6) is 0 Å². The Kier molecular flexibility index (Phi) is 9.91. The number of benzene rings is 1. The molecule has 1 aromatic carbocycles. The molecule has 2 unspecified atom stereocenters. The van der Waals surface area contributed by atoms with Crippen LogP contribution in [-0.2, 0) is 17.9 Å². The quantitative estimate of drug-likeness (QED) is 0.251. The highest BCUT2D eigenvalue weighted by Crippen LogP contribution is 2.29. The van der Waals surface area contributed by atoms with Gasteiger partial charge in [-0.3, -0.25) is 9.79 Å². The molecule has 156 valence electrons. The van der Waals surface area contributed by atoms with Gasteiger partial charge in [0.15, 0.2) is 5.96 Å². The van der Waals surface area contributed by atoms with Crippen molar-refractivity contribution in [2.75, 3.05) is 19.3 Å². The summed E-state index contributed by atoms with van der Waals surface area (Å²) >= 11 is 2.07. The molecule has 0 aromatic heterocycles. The fourth-order valence-electron chi connectivity index (χ4n) is 3.96. The van der Waals surface area contributed by atoms with E-state index in [-0.39, 0.29) is 29.9 Å². The summed E-state index contributed by atoms with van der Waals surface area (Å²) in [6.07, 6.45) is 5.13. The largest absolute Gasteiger partial charge is 0.356 e. The second kappa shape index (κ2) is 11.9. The minimum atomic E-state index is 0. The molecule has 3 rings (SSSR count). The number of rotatable bonds is 7. The van der Waals surface area contributed by atoms with Crippen molar-refractivity contribution in [1.82, 2.24) is 15.5 Å². The van der Waals surface area contributed by atoms with Crippen molar-refractivity contribution in [2.45, 2.75) is 63.4 Å². The number of carbonyl (C=O) groups excluding carboxylic acids is 1. The minimum Gasteiger partial charge on any atom is -0.356 e. The van der Waals surface area contributed by atoms with Gasteiger partial charge in [0.25, 0.3) is 0 Å². The van der Waals surface area contributed by atoms with Crippen LogP contribution in [0.1, 0.15) is 50.2 Å². The lowest BCUT2D eigenvalue weighted by Gasteiger charge is -2.18. The van der Waals surface area contributed by atoms with Crippen LogP contribution in [-0.4, -0.2) is 47.4 Å². The molecule has 1 saturated carbocycles. The molecule has 1 aromatic rings. The molecule has 28 heavy (non-hydrogen) atoms. The smallest absolute Gasteiger partial charge is 0.223 e. The Morgan fingerprint density at radius 3 is 2.61 bits per heavy atom. The molecule has 2 atom stereocenters. The first-order chi connectivity index (χ1) is 13.2. The average molecular weight is 516 g/mol. The Morgan fingerprint density at radius 1 is 1.25 bits per heavy atom. The first kappa shape index (κ1) is 23.3. The molecule has 0 radical (unpaired) electrons. The Bertz CT molecular complexity index is 645. The molecular formula is C21H33IN4OS. The third kappa shape index (κ3) is 6.54. The second-order valence-electron chi connectivity index (χ2n) is 7.35. The number of thioether (sulfide) groups is 1. The van der Waals surface area contributed by atoms with Gasteiger partial charge < -0.3 is 15.5 Å². The van der Waals surface area contributed by atoms with Gasteiger partial charge in [-0.05, 0) is 42.6 Å². The average Bonchev–Trinajstić information content (AvgIpc) is 3.31. The van der Waals surface area contributed by atoms with Crippen molar-refractivity contribution in [1.29, 1.82) is 0 Å². The second-order valence-corrected chi connectivity index (χ2v) is 8.93. The van der Waals surface area contributed by atoms with Crippen LogP contribution in [0.25, 0.3) is 0 Å². The Labute approximate surface area is 190 Å². The monoisotopic (exact) mass is 516 g/mol. The van der Waals surface area contributed by atoms with Crippen molar-refractivity contribution in [2.24, 2.45) is 4.99 Å². The molecule has 2 aliphatic rings. The molecule has 7 heteroatoms. The van der Waals surface area contributed by atoms with Crippen LogP contribution in [0.3, 0.4) is 0 Å². The highest BCUT2D eigenvalue weighted by Gasteiger charge is 2.25. The van der Waals surface area contributed by atoms with E-state index in [0.29, 0.717) is 12.5 Å². The zero-order valence-corrected chi connectivity index (χ0v) is 20.1. The van der Waals surface area contributed by atoms with E-state index in [1.807, 2.05) is 24.1 Å². The van der Waals surface area contributed by atoms with Crippen LogP contribution in [0, 0.1) is 0 Å². The fraction of sp³-hybridized carbons (Fsp3) is 0.619. The third-order valence-electron chi connectivity index (χ3n) is 5.40. The van der Waals surface area contributed by atoms with Gasteiger partial charge in [-0.15, -0.1) is 24.0 Å². The maximum absolute atomic E-state index is 12.5. The molecule has 0 spiro atoms. The number of nitrogens with zero attached hydrogens (tertiary/aromatic N) is 2. The summed E-state index contributed by atoms with van der Waals surface area (Å²) in [5.41, 5.74) is 2.56. The van der Waals surface area contributed by atoms with Gasteiger partial charge in [0.2, 0.25) is 5.91 Å². The van der Waals surface area contributed by atoms with Crippen molar-refractivity contribution in [3.8, 4) is 0 Å². The van der Waals surface area contributed by atoms with E-state index in [9.17, 15) is 4.79 Å². The summed E-state index contributed by atoms with van der Waals surface area (Å²) in [5, 5.41) is 7.69. The highest BCUT2D eigenvalue weighted by molar-refractivity contribution is 14.0. The third-order valence-corrected chi connectivity index (χ3v) is 6.64. The summed E-state index contributed by atoms with van der Waals surface area (Å²) in [5.74, 6) is 2.30. The lowest BCUT2D eigenvalue weighted by atomic mass is 10.1. The number of guanidine groups is 1. The van der Waals surface area contributed by atoms with Crippen molar-refractivity contribution in [3.63, 3.8) is 0 Å². The van der Waals surface area contributed by atoms with Gasteiger partial charge in [-0.2, -0.15) is 11.8 Å². The Hall–Kier alpha value is -0.960. The van der Waals surface area contributed by atoms with Crippen LogP contribution < -0.4 is 10.6 Å². The number of aliphatic imine (C=N–C) groups is 1. The molecule has 1 aliphatic carbocycles. The van der Waals surface area contributed by atoms with E-state index < -0.39 is 0 Å². The summed E-state index contributed by atoms with van der Waals surface area (Å²) in [6.45, 7) is 4.51. The first-order valence-electron chi connectivity index (χ1n) is 10.1. The lowest BCUT2D eigenvalue weighted by molar-refractivity contribution is -0.131. The van der Waals surface area contributed by atoms with E-state index in [1.165, 1.54) is 36.1 Å². The minimum absolute atomic E-state index is 0. The SMILES string of the molecule is CCSC1CCC(NC(=NC)NCCCC(=O)N2Cc3ccccc3C2)C1.I. The number of halogens is 1. The summed E-state index contributed by atoms with van der Waals surface area (Å²) in [7, 11) is 1.81. The van der Waals surface area contributed by atoms with Gasteiger partial charge in [-0.25, -0.2) is 0 Å². The van der Waals surface area contributed by atoms with Crippen molar-refractivity contribution >= 4 is 47.6 Å². The Morgan fingerprint density at radius 2 is 1.96 bits per heavy atom. The van der Waals surface area contributed by atoms with E-state index in [0.717, 1.165) is 37.3 Å². The molecular weight excluding hydrogens is 483 g/mol. The van der Waals surface area contributed by atoms with Crippen LogP contribution >= 0.6 is 35.7 Å². The first-order valence-corrected chi connectivity index (χ1v) is 11.2. The number of fused-ring (bicyclic) bond motifs is 1. The molecule has 5 nitrogen and oxygen atoms in total. The van der Waals surface area contributed by atoms with E-state index in [1.54, 1.807) is 0 Å². The van der Waals surface area contributed by atoms with Crippen LogP contribution in [0.15, 0.2) is 29.3 Å². The molecule has 1 aliphatic heterocycles. The summed E-state index contributed by atoms with van der Waals surface area (Å²) in [6, 6.07) is 8.84. The van der Waals surface area contributed by atoms with Gasteiger partial charge >= 0.3 is 0 Å². The van der Waals surface area contributed by atoms with Gasteiger partial charge in [0, 0.05) is 44.4 Å². The highest BCUT2D eigenvalue weighted by atomic mass is 127. The van der Waals surface area contributed by atoms with E-state index >= 15 is 0 Å². The zero-order valence-electron chi connectivity index (χ0n) is 16.9.